The lowest BCUT2D eigenvalue weighted by atomic mass is 9.97. The van der Waals surface area contributed by atoms with Crippen LogP contribution in [0.15, 0.2) is 24.3 Å². The molecular formula is C15H21NO2. The molecule has 1 aliphatic rings. The first-order chi connectivity index (χ1) is 8.70. The van der Waals surface area contributed by atoms with Gasteiger partial charge in [-0.1, -0.05) is 25.5 Å². The second-order valence-electron chi connectivity index (χ2n) is 5.17. The summed E-state index contributed by atoms with van der Waals surface area (Å²) in [6.07, 6.45) is 3.99. The molecule has 0 spiro atoms. The number of aliphatic hydroxyl groups excluding tert-OH is 1. The van der Waals surface area contributed by atoms with Crippen molar-refractivity contribution in [3.63, 3.8) is 0 Å². The van der Waals surface area contributed by atoms with Gasteiger partial charge in [0.1, 0.15) is 0 Å². The normalized spacial score (nSPS) is 23.0. The molecule has 1 amide bonds. The smallest absolute Gasteiger partial charge is 0.227 e. The molecule has 0 aromatic heterocycles. The van der Waals surface area contributed by atoms with Crippen molar-refractivity contribution in [3.05, 3.63) is 29.8 Å². The number of carbonyl (C=O) groups excluding carboxylic acids is 1. The van der Waals surface area contributed by atoms with Gasteiger partial charge in [0.15, 0.2) is 0 Å². The standard InChI is InChI=1S/C15H21NO2/c1-11-3-2-4-14(11)15(18)16-13-7-5-12(6-8-13)9-10-17/h5-8,11,14,17H,2-4,9-10H2,1H3,(H,16,18). The molecule has 3 nitrogen and oxygen atoms in total. The fourth-order valence-electron chi connectivity index (χ4n) is 2.65. The van der Waals surface area contributed by atoms with Crippen LogP contribution in [0.3, 0.4) is 0 Å². The summed E-state index contributed by atoms with van der Waals surface area (Å²) in [6, 6.07) is 7.71. The van der Waals surface area contributed by atoms with E-state index in [2.05, 4.69) is 12.2 Å². The van der Waals surface area contributed by atoms with E-state index >= 15 is 0 Å². The zero-order chi connectivity index (χ0) is 13.0. The summed E-state index contributed by atoms with van der Waals surface area (Å²) in [7, 11) is 0. The lowest BCUT2D eigenvalue weighted by Crippen LogP contribution is -2.24. The zero-order valence-electron chi connectivity index (χ0n) is 10.9. The number of nitrogens with one attached hydrogen (secondary N) is 1. The van der Waals surface area contributed by atoms with E-state index in [-0.39, 0.29) is 18.4 Å². The number of carbonyl (C=O) groups is 1. The summed E-state index contributed by atoms with van der Waals surface area (Å²) in [5.74, 6) is 0.815. The number of anilines is 1. The Kier molecular flexibility index (Phi) is 4.37. The first-order valence-corrected chi connectivity index (χ1v) is 6.71. The van der Waals surface area contributed by atoms with Gasteiger partial charge in [-0.25, -0.2) is 0 Å². The highest BCUT2D eigenvalue weighted by molar-refractivity contribution is 5.92. The number of aliphatic hydroxyl groups is 1. The molecule has 1 saturated carbocycles. The average Bonchev–Trinajstić information content (AvgIpc) is 2.78. The maximum Gasteiger partial charge on any atom is 0.227 e. The third-order valence-electron chi connectivity index (χ3n) is 3.82. The minimum absolute atomic E-state index is 0.148. The molecule has 0 aliphatic heterocycles. The third-order valence-corrected chi connectivity index (χ3v) is 3.82. The van der Waals surface area contributed by atoms with Crippen molar-refractivity contribution in [1.82, 2.24) is 0 Å². The number of hydrogen-bond donors (Lipinski definition) is 2. The molecule has 98 valence electrons. The number of amides is 1. The van der Waals surface area contributed by atoms with E-state index in [0.717, 1.165) is 30.5 Å². The van der Waals surface area contributed by atoms with Gasteiger partial charge in [-0.2, -0.15) is 0 Å². The molecule has 0 saturated heterocycles. The molecule has 1 aromatic carbocycles. The van der Waals surface area contributed by atoms with Gasteiger partial charge >= 0.3 is 0 Å². The van der Waals surface area contributed by atoms with Crippen LogP contribution >= 0.6 is 0 Å². The SMILES string of the molecule is CC1CCCC1C(=O)Nc1ccc(CCO)cc1. The summed E-state index contributed by atoms with van der Waals surface area (Å²) in [6.45, 7) is 2.31. The molecule has 2 atom stereocenters. The number of hydrogen-bond acceptors (Lipinski definition) is 2. The summed E-state index contributed by atoms with van der Waals surface area (Å²) in [4.78, 5) is 12.1. The van der Waals surface area contributed by atoms with E-state index in [1.54, 1.807) is 0 Å². The molecule has 2 unspecified atom stereocenters. The zero-order valence-corrected chi connectivity index (χ0v) is 10.9. The lowest BCUT2D eigenvalue weighted by Gasteiger charge is -2.15. The molecule has 0 radical (unpaired) electrons. The van der Waals surface area contributed by atoms with Crippen LogP contribution in [0.2, 0.25) is 0 Å². The molecule has 3 heteroatoms. The van der Waals surface area contributed by atoms with Crippen molar-refractivity contribution in [3.8, 4) is 0 Å². The summed E-state index contributed by atoms with van der Waals surface area (Å²) in [5, 5.41) is 11.8. The van der Waals surface area contributed by atoms with E-state index in [9.17, 15) is 4.79 Å². The van der Waals surface area contributed by atoms with Crippen LogP contribution in [0.25, 0.3) is 0 Å². The van der Waals surface area contributed by atoms with Crippen molar-refractivity contribution in [2.75, 3.05) is 11.9 Å². The summed E-state index contributed by atoms with van der Waals surface area (Å²) in [5.41, 5.74) is 1.94. The Labute approximate surface area is 108 Å². The van der Waals surface area contributed by atoms with Crippen molar-refractivity contribution in [2.24, 2.45) is 11.8 Å². The van der Waals surface area contributed by atoms with E-state index in [4.69, 9.17) is 5.11 Å². The van der Waals surface area contributed by atoms with Crippen LogP contribution < -0.4 is 5.32 Å². The van der Waals surface area contributed by atoms with Gasteiger partial charge in [-0.3, -0.25) is 4.79 Å². The Morgan fingerprint density at radius 1 is 1.33 bits per heavy atom. The fourth-order valence-corrected chi connectivity index (χ4v) is 2.65. The molecule has 0 bridgehead atoms. The Morgan fingerprint density at radius 2 is 2.06 bits per heavy atom. The minimum atomic E-state index is 0.148. The van der Waals surface area contributed by atoms with Crippen LogP contribution in [0.5, 0.6) is 0 Å². The van der Waals surface area contributed by atoms with Crippen LogP contribution in [-0.2, 0) is 11.2 Å². The van der Waals surface area contributed by atoms with Gasteiger partial charge in [0.2, 0.25) is 5.91 Å². The Bertz CT molecular complexity index is 399. The predicted octanol–water partition coefficient (Wildman–Crippen LogP) is 2.60. The van der Waals surface area contributed by atoms with Gasteiger partial charge in [0.25, 0.3) is 0 Å². The third kappa shape index (κ3) is 3.10. The van der Waals surface area contributed by atoms with Crippen molar-refractivity contribution in [2.45, 2.75) is 32.6 Å². The highest BCUT2D eigenvalue weighted by Gasteiger charge is 2.29. The highest BCUT2D eigenvalue weighted by Crippen LogP contribution is 2.32. The summed E-state index contributed by atoms with van der Waals surface area (Å²) >= 11 is 0. The van der Waals surface area contributed by atoms with Crippen molar-refractivity contribution < 1.29 is 9.90 Å². The first kappa shape index (κ1) is 13.1. The van der Waals surface area contributed by atoms with Crippen LogP contribution in [0.4, 0.5) is 5.69 Å². The number of benzene rings is 1. The molecule has 18 heavy (non-hydrogen) atoms. The second kappa shape index (κ2) is 6.01. The van der Waals surface area contributed by atoms with Gasteiger partial charge in [0, 0.05) is 18.2 Å². The lowest BCUT2D eigenvalue weighted by molar-refractivity contribution is -0.120. The van der Waals surface area contributed by atoms with E-state index in [1.165, 1.54) is 0 Å². The Morgan fingerprint density at radius 3 is 2.61 bits per heavy atom. The molecule has 1 aliphatic carbocycles. The van der Waals surface area contributed by atoms with Crippen molar-refractivity contribution in [1.29, 1.82) is 0 Å². The topological polar surface area (TPSA) is 49.3 Å². The van der Waals surface area contributed by atoms with E-state index in [1.807, 2.05) is 24.3 Å². The van der Waals surface area contributed by atoms with Crippen LogP contribution in [-0.4, -0.2) is 17.6 Å². The molecule has 0 heterocycles. The van der Waals surface area contributed by atoms with Gasteiger partial charge in [0.05, 0.1) is 0 Å². The van der Waals surface area contributed by atoms with Gasteiger partial charge in [-0.05, 0) is 42.9 Å². The Hall–Kier alpha value is -1.35. The second-order valence-corrected chi connectivity index (χ2v) is 5.17. The number of rotatable bonds is 4. The summed E-state index contributed by atoms with van der Waals surface area (Å²) < 4.78 is 0. The quantitative estimate of drug-likeness (QED) is 0.859. The Balaban J connectivity index is 1.94. The van der Waals surface area contributed by atoms with Crippen molar-refractivity contribution >= 4 is 11.6 Å². The highest BCUT2D eigenvalue weighted by atomic mass is 16.2. The van der Waals surface area contributed by atoms with Gasteiger partial charge < -0.3 is 10.4 Å². The maximum absolute atomic E-state index is 12.1. The van der Waals surface area contributed by atoms with Crippen LogP contribution in [0, 0.1) is 11.8 Å². The first-order valence-electron chi connectivity index (χ1n) is 6.71. The monoisotopic (exact) mass is 247 g/mol. The van der Waals surface area contributed by atoms with Crippen LogP contribution in [0.1, 0.15) is 31.7 Å². The fraction of sp³-hybridized carbons (Fsp3) is 0.533. The molecule has 1 aromatic rings. The van der Waals surface area contributed by atoms with E-state index < -0.39 is 0 Å². The predicted molar refractivity (Wildman–Crippen MR) is 72.4 cm³/mol. The maximum atomic E-state index is 12.1. The van der Waals surface area contributed by atoms with E-state index in [0.29, 0.717) is 12.3 Å². The largest absolute Gasteiger partial charge is 0.396 e. The molecular weight excluding hydrogens is 226 g/mol. The average molecular weight is 247 g/mol. The molecule has 1 fully saturated rings. The molecule has 2 rings (SSSR count). The van der Waals surface area contributed by atoms with Gasteiger partial charge in [-0.15, -0.1) is 0 Å². The minimum Gasteiger partial charge on any atom is -0.396 e. The molecule has 2 N–H and O–H groups in total.